The maximum atomic E-state index is 11.6. The second-order valence-corrected chi connectivity index (χ2v) is 6.62. The standard InChI is InChI=1S/C14H12Br2ClNO3/c1-7(2)21-12(19)6-20-14-10(16)5-9(15)8-3-4-11(17)18-13(8)14/h3-5,7H,6H2,1-2H3. The predicted octanol–water partition coefficient (Wildman–Crippen LogP) is 4.74. The van der Waals surface area contributed by atoms with Gasteiger partial charge in [0.2, 0.25) is 0 Å². The van der Waals surface area contributed by atoms with Crippen molar-refractivity contribution in [3.63, 3.8) is 0 Å². The summed E-state index contributed by atoms with van der Waals surface area (Å²) in [6.07, 6.45) is -0.182. The quantitative estimate of drug-likeness (QED) is 0.512. The number of hydrogen-bond acceptors (Lipinski definition) is 4. The molecule has 1 aromatic carbocycles. The van der Waals surface area contributed by atoms with E-state index in [1.54, 1.807) is 19.9 Å². The molecule has 0 N–H and O–H groups in total. The third kappa shape index (κ3) is 4.08. The van der Waals surface area contributed by atoms with Gasteiger partial charge in [0.05, 0.1) is 10.6 Å². The number of nitrogens with zero attached hydrogens (tertiary/aromatic N) is 1. The largest absolute Gasteiger partial charge is 0.478 e. The first kappa shape index (κ1) is 16.5. The summed E-state index contributed by atoms with van der Waals surface area (Å²) in [4.78, 5) is 15.9. The van der Waals surface area contributed by atoms with Crippen LogP contribution in [0.15, 0.2) is 27.1 Å². The van der Waals surface area contributed by atoms with Crippen molar-refractivity contribution in [1.29, 1.82) is 0 Å². The molecule has 0 aliphatic carbocycles. The van der Waals surface area contributed by atoms with Crippen molar-refractivity contribution in [2.75, 3.05) is 6.61 Å². The van der Waals surface area contributed by atoms with Crippen LogP contribution >= 0.6 is 43.5 Å². The molecule has 2 rings (SSSR count). The van der Waals surface area contributed by atoms with Crippen molar-refractivity contribution in [2.45, 2.75) is 20.0 Å². The first-order valence-electron chi connectivity index (χ1n) is 6.15. The van der Waals surface area contributed by atoms with Crippen LogP contribution in [0.3, 0.4) is 0 Å². The number of pyridine rings is 1. The van der Waals surface area contributed by atoms with Gasteiger partial charge in [-0.1, -0.05) is 27.5 Å². The average Bonchev–Trinajstić information content (AvgIpc) is 2.37. The zero-order valence-corrected chi connectivity index (χ0v) is 15.3. The Morgan fingerprint density at radius 2 is 2.05 bits per heavy atom. The highest BCUT2D eigenvalue weighted by molar-refractivity contribution is 9.11. The Hall–Kier alpha value is -0.850. The minimum Gasteiger partial charge on any atom is -0.478 e. The van der Waals surface area contributed by atoms with Gasteiger partial charge in [0, 0.05) is 9.86 Å². The van der Waals surface area contributed by atoms with Gasteiger partial charge in [-0.05, 0) is 48.0 Å². The third-order valence-corrected chi connectivity index (χ3v) is 3.96. The fourth-order valence-electron chi connectivity index (χ4n) is 1.73. The number of ether oxygens (including phenoxy) is 2. The smallest absolute Gasteiger partial charge is 0.344 e. The number of halogens is 3. The Kier molecular flexibility index (Phi) is 5.46. The summed E-state index contributed by atoms with van der Waals surface area (Å²) in [5.74, 6) is 0.0198. The fraction of sp³-hybridized carbons (Fsp3) is 0.286. The summed E-state index contributed by atoms with van der Waals surface area (Å²) in [5, 5.41) is 1.19. The monoisotopic (exact) mass is 435 g/mol. The van der Waals surface area contributed by atoms with Crippen LogP contribution in [-0.2, 0) is 9.53 Å². The first-order valence-corrected chi connectivity index (χ1v) is 8.11. The van der Waals surface area contributed by atoms with Crippen molar-refractivity contribution in [3.05, 3.63) is 32.3 Å². The summed E-state index contributed by atoms with van der Waals surface area (Å²) in [6, 6.07) is 5.36. The topological polar surface area (TPSA) is 48.4 Å². The highest BCUT2D eigenvalue weighted by Gasteiger charge is 2.15. The second-order valence-electron chi connectivity index (χ2n) is 4.53. The van der Waals surface area contributed by atoms with Crippen LogP contribution in [0.1, 0.15) is 13.8 Å². The van der Waals surface area contributed by atoms with Gasteiger partial charge in [-0.25, -0.2) is 9.78 Å². The molecule has 4 nitrogen and oxygen atoms in total. The van der Waals surface area contributed by atoms with Gasteiger partial charge in [-0.15, -0.1) is 0 Å². The Morgan fingerprint density at radius 3 is 2.71 bits per heavy atom. The zero-order chi connectivity index (χ0) is 15.6. The van der Waals surface area contributed by atoms with Gasteiger partial charge in [-0.2, -0.15) is 0 Å². The van der Waals surface area contributed by atoms with Crippen LogP contribution in [0.25, 0.3) is 10.9 Å². The number of hydrogen-bond donors (Lipinski definition) is 0. The molecule has 1 heterocycles. The average molecular weight is 438 g/mol. The number of carbonyl (C=O) groups excluding carboxylic acids is 1. The van der Waals surface area contributed by atoms with Gasteiger partial charge in [0.1, 0.15) is 10.7 Å². The molecule has 2 aromatic rings. The summed E-state index contributed by atoms with van der Waals surface area (Å²) in [5.41, 5.74) is 0.570. The second kappa shape index (κ2) is 6.94. The Bertz CT molecular complexity index is 691. The van der Waals surface area contributed by atoms with E-state index < -0.39 is 5.97 Å². The van der Waals surface area contributed by atoms with Crippen LogP contribution in [0.2, 0.25) is 5.15 Å². The molecule has 0 spiro atoms. The molecule has 0 aliphatic heterocycles. The molecule has 0 amide bonds. The van der Waals surface area contributed by atoms with Crippen molar-refractivity contribution < 1.29 is 14.3 Å². The molecule has 1 aromatic heterocycles. The van der Waals surface area contributed by atoms with Crippen molar-refractivity contribution in [1.82, 2.24) is 4.98 Å². The Balaban J connectivity index is 2.34. The number of esters is 1. The molecule has 0 unspecified atom stereocenters. The predicted molar refractivity (Wildman–Crippen MR) is 88.9 cm³/mol. The molecule has 0 atom stereocenters. The van der Waals surface area contributed by atoms with E-state index in [0.717, 1.165) is 9.86 Å². The molecule has 0 bridgehead atoms. The molecule has 21 heavy (non-hydrogen) atoms. The van der Waals surface area contributed by atoms with Crippen LogP contribution in [0.5, 0.6) is 5.75 Å². The molecule has 0 saturated heterocycles. The molecule has 0 radical (unpaired) electrons. The van der Waals surface area contributed by atoms with E-state index in [-0.39, 0.29) is 12.7 Å². The van der Waals surface area contributed by atoms with Gasteiger partial charge in [-0.3, -0.25) is 0 Å². The lowest BCUT2D eigenvalue weighted by Gasteiger charge is -2.13. The molecule has 0 saturated carbocycles. The van der Waals surface area contributed by atoms with E-state index in [0.29, 0.717) is 20.9 Å². The Morgan fingerprint density at radius 1 is 1.33 bits per heavy atom. The van der Waals surface area contributed by atoms with E-state index in [2.05, 4.69) is 36.8 Å². The van der Waals surface area contributed by atoms with E-state index in [4.69, 9.17) is 21.1 Å². The normalized spacial score (nSPS) is 11.0. The summed E-state index contributed by atoms with van der Waals surface area (Å²) in [7, 11) is 0. The number of aromatic nitrogens is 1. The van der Waals surface area contributed by atoms with Crippen LogP contribution < -0.4 is 4.74 Å². The summed E-state index contributed by atoms with van der Waals surface area (Å²) < 4.78 is 12.1. The third-order valence-electron chi connectivity index (χ3n) is 2.51. The van der Waals surface area contributed by atoms with E-state index in [1.165, 1.54) is 0 Å². The fourth-order valence-corrected chi connectivity index (χ4v) is 3.27. The maximum absolute atomic E-state index is 11.6. The molecule has 0 aliphatic rings. The number of rotatable bonds is 4. The SMILES string of the molecule is CC(C)OC(=O)COc1c(Br)cc(Br)c2ccc(Cl)nc12. The van der Waals surface area contributed by atoms with E-state index in [1.807, 2.05) is 12.1 Å². The molecule has 7 heteroatoms. The van der Waals surface area contributed by atoms with Crippen LogP contribution in [-0.4, -0.2) is 23.7 Å². The van der Waals surface area contributed by atoms with Crippen LogP contribution in [0.4, 0.5) is 0 Å². The maximum Gasteiger partial charge on any atom is 0.344 e. The summed E-state index contributed by atoms with van der Waals surface area (Å²) in [6.45, 7) is 3.37. The number of fused-ring (bicyclic) bond motifs is 1. The zero-order valence-electron chi connectivity index (χ0n) is 11.3. The number of carbonyl (C=O) groups is 1. The molecule has 112 valence electrons. The lowest BCUT2D eigenvalue weighted by Crippen LogP contribution is -2.19. The highest BCUT2D eigenvalue weighted by Crippen LogP contribution is 2.38. The lowest BCUT2D eigenvalue weighted by atomic mass is 10.2. The van der Waals surface area contributed by atoms with Crippen LogP contribution in [0, 0.1) is 0 Å². The van der Waals surface area contributed by atoms with Gasteiger partial charge >= 0.3 is 5.97 Å². The van der Waals surface area contributed by atoms with E-state index >= 15 is 0 Å². The molecule has 0 fully saturated rings. The number of benzene rings is 1. The highest BCUT2D eigenvalue weighted by atomic mass is 79.9. The minimum absolute atomic E-state index is 0.182. The summed E-state index contributed by atoms with van der Waals surface area (Å²) >= 11 is 12.8. The van der Waals surface area contributed by atoms with Crippen molar-refractivity contribution in [3.8, 4) is 5.75 Å². The Labute approximate surface area is 144 Å². The van der Waals surface area contributed by atoms with Crippen molar-refractivity contribution >= 4 is 60.3 Å². The lowest BCUT2D eigenvalue weighted by molar-refractivity contribution is -0.149. The van der Waals surface area contributed by atoms with Gasteiger partial charge in [0.15, 0.2) is 12.4 Å². The van der Waals surface area contributed by atoms with Crippen molar-refractivity contribution in [2.24, 2.45) is 0 Å². The molecular formula is C14H12Br2ClNO3. The minimum atomic E-state index is -0.435. The molecular weight excluding hydrogens is 425 g/mol. The van der Waals surface area contributed by atoms with Gasteiger partial charge in [0.25, 0.3) is 0 Å². The van der Waals surface area contributed by atoms with Gasteiger partial charge < -0.3 is 9.47 Å². The first-order chi connectivity index (χ1) is 9.88. The van der Waals surface area contributed by atoms with E-state index in [9.17, 15) is 4.79 Å².